The first-order chi connectivity index (χ1) is 16.0. The Morgan fingerprint density at radius 1 is 0.771 bits per heavy atom. The average molecular weight is 482 g/mol. The molecule has 5 nitrogen and oxygen atoms in total. The van der Waals surface area contributed by atoms with E-state index in [1.807, 2.05) is 45.0 Å². The average Bonchev–Trinajstić information content (AvgIpc) is 3.19. The van der Waals surface area contributed by atoms with Gasteiger partial charge >= 0.3 is 6.16 Å². The summed E-state index contributed by atoms with van der Waals surface area (Å²) in [5.74, 6) is 0. The van der Waals surface area contributed by atoms with Crippen molar-refractivity contribution in [1.29, 1.82) is 0 Å². The summed E-state index contributed by atoms with van der Waals surface area (Å²) in [5.41, 5.74) is 2.15. The van der Waals surface area contributed by atoms with Crippen LogP contribution in [-0.4, -0.2) is 35.6 Å². The van der Waals surface area contributed by atoms with Crippen LogP contribution in [0, 0.1) is 0 Å². The Hall–Kier alpha value is -2.37. The Kier molecular flexibility index (Phi) is 7.46. The van der Waals surface area contributed by atoms with Crippen molar-refractivity contribution in [2.75, 3.05) is 6.54 Å². The van der Waals surface area contributed by atoms with Crippen LogP contribution >= 0.6 is 0 Å². The lowest BCUT2D eigenvalue weighted by molar-refractivity contribution is -0.0259. The zero-order valence-electron chi connectivity index (χ0n) is 22.9. The summed E-state index contributed by atoms with van der Waals surface area (Å²) >= 11 is 0. The van der Waals surface area contributed by atoms with Gasteiger partial charge in [-0.2, -0.15) is 0 Å². The fraction of sp³-hybridized carbons (Fsp3) is 0.567. The van der Waals surface area contributed by atoms with E-state index in [2.05, 4.69) is 71.1 Å². The van der Waals surface area contributed by atoms with Gasteiger partial charge in [0.05, 0.1) is 0 Å². The molecule has 1 saturated heterocycles. The van der Waals surface area contributed by atoms with Gasteiger partial charge in [0.2, 0.25) is 0 Å². The van der Waals surface area contributed by atoms with E-state index in [1.54, 1.807) is 0 Å². The highest BCUT2D eigenvalue weighted by Crippen LogP contribution is 2.39. The zero-order valence-corrected chi connectivity index (χ0v) is 22.9. The molecule has 5 heteroatoms. The molecular formula is C30H43NO4. The highest BCUT2D eigenvalue weighted by atomic mass is 16.7. The van der Waals surface area contributed by atoms with E-state index in [0.29, 0.717) is 13.0 Å². The lowest BCUT2D eigenvalue weighted by Crippen LogP contribution is -2.46. The summed E-state index contributed by atoms with van der Waals surface area (Å²) in [6.45, 7) is 18.9. The van der Waals surface area contributed by atoms with Crippen LogP contribution in [0.1, 0.15) is 91.0 Å². The number of aliphatic hydroxyl groups is 1. The lowest BCUT2D eigenvalue weighted by Gasteiger charge is -2.36. The normalized spacial score (nSPS) is 19.5. The number of ether oxygens (including phenoxy) is 2. The molecule has 0 amide bonds. The maximum atomic E-state index is 12.3. The molecule has 2 N–H and O–H groups in total. The van der Waals surface area contributed by atoms with Gasteiger partial charge in [0.15, 0.2) is 0 Å². The quantitative estimate of drug-likeness (QED) is 0.509. The molecule has 2 aromatic carbocycles. The number of carbonyl (C=O) groups excluding carboxylic acids is 1. The van der Waals surface area contributed by atoms with Crippen LogP contribution in [0.25, 0.3) is 0 Å². The first-order valence-electron chi connectivity index (χ1n) is 12.6. The third kappa shape index (κ3) is 6.45. The Labute approximate surface area is 211 Å². The molecule has 0 aliphatic carbocycles. The predicted octanol–water partition coefficient (Wildman–Crippen LogP) is 6.20. The van der Waals surface area contributed by atoms with Gasteiger partial charge in [-0.25, -0.2) is 4.79 Å². The Morgan fingerprint density at radius 3 is 1.54 bits per heavy atom. The lowest BCUT2D eigenvalue weighted by atomic mass is 9.76. The third-order valence-electron chi connectivity index (χ3n) is 6.63. The largest absolute Gasteiger partial charge is 0.509 e. The molecule has 2 aromatic rings. The molecule has 0 spiro atoms. The molecule has 0 aromatic heterocycles. The second-order valence-electron chi connectivity index (χ2n) is 12.8. The summed E-state index contributed by atoms with van der Waals surface area (Å²) in [6.07, 6.45) is -0.598. The molecule has 1 heterocycles. The number of nitrogens with one attached hydrogen (secondary N) is 1. The van der Waals surface area contributed by atoms with Gasteiger partial charge in [0.1, 0.15) is 17.3 Å². The van der Waals surface area contributed by atoms with E-state index in [-0.39, 0.29) is 23.0 Å². The van der Waals surface area contributed by atoms with Crippen LogP contribution in [0.5, 0.6) is 0 Å². The van der Waals surface area contributed by atoms with Crippen LogP contribution in [0.4, 0.5) is 4.79 Å². The smallest absolute Gasteiger partial charge is 0.430 e. The number of benzene rings is 2. The Bertz CT molecular complexity index is 947. The van der Waals surface area contributed by atoms with E-state index in [9.17, 15) is 9.90 Å². The minimum atomic E-state index is -1.29. The highest BCUT2D eigenvalue weighted by molar-refractivity contribution is 5.60. The van der Waals surface area contributed by atoms with Gasteiger partial charge in [-0.3, -0.25) is 0 Å². The number of hydrogen-bond donors (Lipinski definition) is 2. The van der Waals surface area contributed by atoms with Gasteiger partial charge in [-0.15, -0.1) is 0 Å². The maximum absolute atomic E-state index is 12.3. The molecule has 1 fully saturated rings. The van der Waals surface area contributed by atoms with Gasteiger partial charge in [0, 0.05) is 19.0 Å². The standard InChI is InChI=1S/C30H43NO4/c1-27(2,3)20-10-14-22(15-11-20)30(33,23-16-12-21(13-17-23)28(4,5)6)25-18-24(19-31-25)34-26(32)35-29(7,8)9/h10-17,24-25,31,33H,18-19H2,1-9H3/t24-,25-/m1/s1. The number of rotatable bonds is 4. The van der Waals surface area contributed by atoms with Crippen LogP contribution in [0.2, 0.25) is 0 Å². The molecular weight excluding hydrogens is 438 g/mol. The molecule has 0 saturated carbocycles. The molecule has 1 aliphatic heterocycles. The summed E-state index contributed by atoms with van der Waals surface area (Å²) in [4.78, 5) is 12.2. The number of hydrogen-bond acceptors (Lipinski definition) is 5. The molecule has 2 atom stereocenters. The van der Waals surface area contributed by atoms with Gasteiger partial charge in [-0.05, 0) is 53.9 Å². The Balaban J connectivity index is 1.94. The van der Waals surface area contributed by atoms with Crippen molar-refractivity contribution in [1.82, 2.24) is 5.32 Å². The summed E-state index contributed by atoms with van der Waals surface area (Å²) in [6, 6.07) is 16.1. The molecule has 0 radical (unpaired) electrons. The number of carbonyl (C=O) groups is 1. The predicted molar refractivity (Wildman–Crippen MR) is 141 cm³/mol. The monoisotopic (exact) mass is 481 g/mol. The topological polar surface area (TPSA) is 67.8 Å². The van der Waals surface area contributed by atoms with Gasteiger partial charge < -0.3 is 19.9 Å². The van der Waals surface area contributed by atoms with Crippen molar-refractivity contribution in [2.24, 2.45) is 0 Å². The van der Waals surface area contributed by atoms with E-state index in [4.69, 9.17) is 9.47 Å². The molecule has 0 unspecified atom stereocenters. The fourth-order valence-corrected chi connectivity index (χ4v) is 4.54. The van der Waals surface area contributed by atoms with Crippen LogP contribution in [-0.2, 0) is 25.9 Å². The van der Waals surface area contributed by atoms with Crippen LogP contribution in [0.3, 0.4) is 0 Å². The summed E-state index contributed by atoms with van der Waals surface area (Å²) in [5, 5.41) is 15.8. The van der Waals surface area contributed by atoms with E-state index >= 15 is 0 Å². The van der Waals surface area contributed by atoms with Crippen molar-refractivity contribution >= 4 is 6.16 Å². The van der Waals surface area contributed by atoms with E-state index in [1.165, 1.54) is 11.1 Å². The zero-order chi connectivity index (χ0) is 26.2. The van der Waals surface area contributed by atoms with Crippen LogP contribution < -0.4 is 5.32 Å². The minimum Gasteiger partial charge on any atom is -0.430 e. The summed E-state index contributed by atoms with van der Waals surface area (Å²) < 4.78 is 10.9. The van der Waals surface area contributed by atoms with Crippen LogP contribution in [0.15, 0.2) is 48.5 Å². The molecule has 0 bridgehead atoms. The molecule has 192 valence electrons. The SMILES string of the molecule is CC(C)(C)OC(=O)O[C@H]1CN[C@@H](C(O)(c2ccc(C(C)(C)C)cc2)c2ccc(C(C)(C)C)cc2)C1. The first-order valence-corrected chi connectivity index (χ1v) is 12.6. The first kappa shape index (κ1) is 27.2. The van der Waals surface area contributed by atoms with Crippen molar-refractivity contribution in [2.45, 2.75) is 103 Å². The van der Waals surface area contributed by atoms with Crippen molar-refractivity contribution in [3.05, 3.63) is 70.8 Å². The highest BCUT2D eigenvalue weighted by Gasteiger charge is 2.45. The van der Waals surface area contributed by atoms with Crippen molar-refractivity contribution < 1.29 is 19.4 Å². The molecule has 35 heavy (non-hydrogen) atoms. The molecule has 3 rings (SSSR count). The maximum Gasteiger partial charge on any atom is 0.509 e. The minimum absolute atomic E-state index is 0.0168. The van der Waals surface area contributed by atoms with E-state index in [0.717, 1.165) is 11.1 Å². The van der Waals surface area contributed by atoms with Crippen molar-refractivity contribution in [3.8, 4) is 0 Å². The second kappa shape index (κ2) is 9.59. The third-order valence-corrected chi connectivity index (χ3v) is 6.63. The Morgan fingerprint density at radius 2 is 1.17 bits per heavy atom. The van der Waals surface area contributed by atoms with Gasteiger partial charge in [0.25, 0.3) is 0 Å². The van der Waals surface area contributed by atoms with Crippen molar-refractivity contribution in [3.63, 3.8) is 0 Å². The summed E-state index contributed by atoms with van der Waals surface area (Å²) in [7, 11) is 0. The fourth-order valence-electron chi connectivity index (χ4n) is 4.54. The molecule has 1 aliphatic rings. The van der Waals surface area contributed by atoms with Gasteiger partial charge in [-0.1, -0.05) is 90.1 Å². The van der Waals surface area contributed by atoms with E-state index < -0.39 is 17.4 Å². The second-order valence-corrected chi connectivity index (χ2v) is 12.8.